The van der Waals surface area contributed by atoms with Gasteiger partial charge < -0.3 is 15.0 Å². The van der Waals surface area contributed by atoms with Crippen LogP contribution in [0.3, 0.4) is 0 Å². The largest absolute Gasteiger partial charge is 0.481 e. The van der Waals surface area contributed by atoms with Gasteiger partial charge in [0.05, 0.1) is 0 Å². The molecule has 1 aromatic carbocycles. The molecule has 5 nitrogen and oxygen atoms in total. The lowest BCUT2D eigenvalue weighted by atomic mass is 9.87. The standard InChI is InChI=1S/C24H38N2O3/c1-7-18(8-2)23(28)26-15-13-20(14-16-26)25-22(27)17(3)29-21-11-9-19(10-12-21)24(4,5)6/h9-12,17-18,20H,7-8,13-16H2,1-6H3,(H,25,27). The van der Waals surface area contributed by atoms with Crippen LogP contribution in [0.5, 0.6) is 5.75 Å². The summed E-state index contributed by atoms with van der Waals surface area (Å²) in [5, 5.41) is 3.09. The maximum absolute atomic E-state index is 12.5. The summed E-state index contributed by atoms with van der Waals surface area (Å²) in [4.78, 5) is 27.0. The molecule has 1 aromatic rings. The van der Waals surface area contributed by atoms with E-state index in [1.165, 1.54) is 5.56 Å². The molecule has 0 saturated carbocycles. The molecule has 1 saturated heterocycles. The minimum absolute atomic E-state index is 0.0893. The summed E-state index contributed by atoms with van der Waals surface area (Å²) < 4.78 is 5.83. The first-order valence-electron chi connectivity index (χ1n) is 11.0. The highest BCUT2D eigenvalue weighted by atomic mass is 16.5. The van der Waals surface area contributed by atoms with Crippen LogP contribution in [0.1, 0.15) is 72.8 Å². The van der Waals surface area contributed by atoms with Crippen molar-refractivity contribution in [2.24, 2.45) is 5.92 Å². The Labute approximate surface area is 176 Å². The fourth-order valence-electron chi connectivity index (χ4n) is 3.75. The van der Waals surface area contributed by atoms with E-state index in [9.17, 15) is 9.59 Å². The van der Waals surface area contributed by atoms with Crippen LogP contribution in [0.15, 0.2) is 24.3 Å². The van der Waals surface area contributed by atoms with E-state index < -0.39 is 6.10 Å². The lowest BCUT2D eigenvalue weighted by Crippen LogP contribution is -2.50. The number of ether oxygens (including phenoxy) is 1. The van der Waals surface area contributed by atoms with Crippen LogP contribution in [-0.2, 0) is 15.0 Å². The van der Waals surface area contributed by atoms with E-state index in [4.69, 9.17) is 4.74 Å². The van der Waals surface area contributed by atoms with Crippen molar-refractivity contribution in [3.63, 3.8) is 0 Å². The van der Waals surface area contributed by atoms with Crippen molar-refractivity contribution in [3.05, 3.63) is 29.8 Å². The minimum Gasteiger partial charge on any atom is -0.481 e. The molecule has 0 aromatic heterocycles. The third kappa shape index (κ3) is 6.48. The average Bonchev–Trinajstić information content (AvgIpc) is 2.69. The van der Waals surface area contributed by atoms with Crippen molar-refractivity contribution in [2.75, 3.05) is 13.1 Å². The molecule has 1 fully saturated rings. The average molecular weight is 403 g/mol. The fourth-order valence-corrected chi connectivity index (χ4v) is 3.75. The zero-order valence-electron chi connectivity index (χ0n) is 19.0. The molecule has 2 amide bonds. The van der Waals surface area contributed by atoms with Crippen molar-refractivity contribution >= 4 is 11.8 Å². The SMILES string of the molecule is CCC(CC)C(=O)N1CCC(NC(=O)C(C)Oc2ccc(C(C)(C)C)cc2)CC1. The molecule has 1 unspecified atom stereocenters. The molecule has 1 aliphatic rings. The van der Waals surface area contributed by atoms with E-state index in [-0.39, 0.29) is 29.2 Å². The smallest absolute Gasteiger partial charge is 0.260 e. The monoisotopic (exact) mass is 402 g/mol. The molecular weight excluding hydrogens is 364 g/mol. The second kappa shape index (κ2) is 10.1. The van der Waals surface area contributed by atoms with Gasteiger partial charge in [0.25, 0.3) is 5.91 Å². The molecule has 5 heteroatoms. The molecule has 0 spiro atoms. The van der Waals surface area contributed by atoms with Gasteiger partial charge in [-0.3, -0.25) is 9.59 Å². The summed E-state index contributed by atoms with van der Waals surface area (Å²) in [5.41, 5.74) is 1.32. The quantitative estimate of drug-likeness (QED) is 0.740. The van der Waals surface area contributed by atoms with Gasteiger partial charge in [-0.15, -0.1) is 0 Å². The number of amides is 2. The molecule has 0 bridgehead atoms. The predicted octanol–water partition coefficient (Wildman–Crippen LogP) is 4.29. The van der Waals surface area contributed by atoms with Crippen LogP contribution in [0.25, 0.3) is 0 Å². The molecule has 1 N–H and O–H groups in total. The van der Waals surface area contributed by atoms with Crippen LogP contribution in [0.2, 0.25) is 0 Å². The Hall–Kier alpha value is -2.04. The number of nitrogens with zero attached hydrogens (tertiary/aromatic N) is 1. The van der Waals surface area contributed by atoms with Crippen molar-refractivity contribution in [3.8, 4) is 5.75 Å². The van der Waals surface area contributed by atoms with Crippen molar-refractivity contribution in [2.45, 2.75) is 84.8 Å². The second-order valence-corrected chi connectivity index (χ2v) is 9.16. The summed E-state index contributed by atoms with van der Waals surface area (Å²) in [6.45, 7) is 13.8. The van der Waals surface area contributed by atoms with Crippen LogP contribution < -0.4 is 10.1 Å². The highest BCUT2D eigenvalue weighted by Crippen LogP contribution is 2.24. The Balaban J connectivity index is 1.81. The lowest BCUT2D eigenvalue weighted by Gasteiger charge is -2.34. The molecular formula is C24H38N2O3. The van der Waals surface area contributed by atoms with E-state index in [2.05, 4.69) is 39.9 Å². The van der Waals surface area contributed by atoms with Crippen LogP contribution in [-0.4, -0.2) is 41.9 Å². The highest BCUT2D eigenvalue weighted by Gasteiger charge is 2.28. The van der Waals surface area contributed by atoms with Gasteiger partial charge in [0.1, 0.15) is 5.75 Å². The zero-order chi connectivity index (χ0) is 21.6. The fraction of sp³-hybridized carbons (Fsp3) is 0.667. The van der Waals surface area contributed by atoms with E-state index in [1.54, 1.807) is 6.92 Å². The molecule has 1 aliphatic heterocycles. The van der Waals surface area contributed by atoms with Crippen molar-refractivity contribution in [1.82, 2.24) is 10.2 Å². The number of benzene rings is 1. The van der Waals surface area contributed by atoms with E-state index >= 15 is 0 Å². The van der Waals surface area contributed by atoms with Gasteiger partial charge in [0.2, 0.25) is 5.91 Å². The molecule has 0 aliphatic carbocycles. The number of hydrogen-bond acceptors (Lipinski definition) is 3. The van der Waals surface area contributed by atoms with E-state index in [1.807, 2.05) is 29.2 Å². The molecule has 0 radical (unpaired) electrons. The molecule has 162 valence electrons. The van der Waals surface area contributed by atoms with Crippen LogP contribution >= 0.6 is 0 Å². The predicted molar refractivity (Wildman–Crippen MR) is 117 cm³/mol. The molecule has 2 rings (SSSR count). The van der Waals surface area contributed by atoms with E-state index in [0.717, 1.165) is 25.7 Å². The van der Waals surface area contributed by atoms with Crippen molar-refractivity contribution < 1.29 is 14.3 Å². The van der Waals surface area contributed by atoms with Gasteiger partial charge in [0, 0.05) is 25.0 Å². The topological polar surface area (TPSA) is 58.6 Å². The first-order valence-corrected chi connectivity index (χ1v) is 11.0. The highest BCUT2D eigenvalue weighted by molar-refractivity contribution is 5.81. The van der Waals surface area contributed by atoms with Crippen LogP contribution in [0, 0.1) is 5.92 Å². The third-order valence-corrected chi connectivity index (χ3v) is 5.89. The Bertz CT molecular complexity index is 666. The number of piperidine rings is 1. The summed E-state index contributed by atoms with van der Waals surface area (Å²) >= 11 is 0. The number of hydrogen-bond donors (Lipinski definition) is 1. The maximum Gasteiger partial charge on any atom is 0.260 e. The Morgan fingerprint density at radius 2 is 1.66 bits per heavy atom. The molecule has 29 heavy (non-hydrogen) atoms. The lowest BCUT2D eigenvalue weighted by molar-refractivity contribution is -0.137. The Kier molecular flexibility index (Phi) is 8.12. The first-order chi connectivity index (χ1) is 13.7. The van der Waals surface area contributed by atoms with Gasteiger partial charge in [0.15, 0.2) is 6.10 Å². The van der Waals surface area contributed by atoms with Gasteiger partial charge >= 0.3 is 0 Å². The number of carbonyl (C=O) groups is 2. The minimum atomic E-state index is -0.556. The Morgan fingerprint density at radius 1 is 1.10 bits per heavy atom. The molecule has 1 atom stereocenters. The summed E-state index contributed by atoms with van der Waals surface area (Å²) in [6, 6.07) is 8.04. The summed E-state index contributed by atoms with van der Waals surface area (Å²) in [6.07, 6.45) is 2.81. The first kappa shape index (κ1) is 23.2. The normalized spacial score (nSPS) is 16.6. The van der Waals surface area contributed by atoms with Gasteiger partial charge in [-0.1, -0.05) is 46.8 Å². The summed E-state index contributed by atoms with van der Waals surface area (Å²) in [5.74, 6) is 0.982. The second-order valence-electron chi connectivity index (χ2n) is 9.16. The van der Waals surface area contributed by atoms with E-state index in [0.29, 0.717) is 18.8 Å². The molecule has 1 heterocycles. The van der Waals surface area contributed by atoms with Crippen molar-refractivity contribution in [1.29, 1.82) is 0 Å². The number of nitrogens with one attached hydrogen (secondary N) is 1. The van der Waals surface area contributed by atoms with Gasteiger partial charge in [-0.25, -0.2) is 0 Å². The summed E-state index contributed by atoms with van der Waals surface area (Å²) in [7, 11) is 0. The Morgan fingerprint density at radius 3 is 2.14 bits per heavy atom. The number of likely N-dealkylation sites (tertiary alicyclic amines) is 1. The van der Waals surface area contributed by atoms with Crippen LogP contribution in [0.4, 0.5) is 0 Å². The number of rotatable bonds is 7. The number of carbonyl (C=O) groups excluding carboxylic acids is 2. The maximum atomic E-state index is 12.5. The zero-order valence-corrected chi connectivity index (χ0v) is 19.0. The van der Waals surface area contributed by atoms with Gasteiger partial charge in [-0.2, -0.15) is 0 Å². The van der Waals surface area contributed by atoms with Gasteiger partial charge in [-0.05, 0) is 55.7 Å². The third-order valence-electron chi connectivity index (χ3n) is 5.89.